The molecule has 0 aliphatic carbocycles. The first-order valence-electron chi connectivity index (χ1n) is 10.7. The van der Waals surface area contributed by atoms with Crippen molar-refractivity contribution < 1.29 is 33.3 Å². The average molecular weight is 474 g/mol. The van der Waals surface area contributed by atoms with Crippen LogP contribution in [0.15, 0.2) is 52.2 Å². The third-order valence-electron chi connectivity index (χ3n) is 5.66. The summed E-state index contributed by atoms with van der Waals surface area (Å²) in [4.78, 5) is 50.7. The number of hydrogen-bond donors (Lipinski definition) is 1. The normalized spacial score (nSPS) is 29.8. The molecule has 2 aliphatic rings. The molecule has 1 N–H and O–H groups in total. The van der Waals surface area contributed by atoms with E-state index in [1.165, 1.54) is 26.1 Å². The second-order valence-electron chi connectivity index (χ2n) is 8.61. The Hall–Kier alpha value is -3.28. The molecule has 0 amide bonds. The maximum Gasteiger partial charge on any atom is 0.330 e. The Morgan fingerprint density at radius 2 is 1.74 bits per heavy atom. The minimum absolute atomic E-state index is 0.269. The molecule has 2 fully saturated rings. The summed E-state index contributed by atoms with van der Waals surface area (Å²) < 4.78 is 30.9. The van der Waals surface area contributed by atoms with Crippen LogP contribution in [0.25, 0.3) is 0 Å². The molecule has 2 saturated heterocycles. The summed E-state index contributed by atoms with van der Waals surface area (Å²) in [5.41, 5.74) is -2.45. The van der Waals surface area contributed by atoms with Crippen molar-refractivity contribution in [2.75, 3.05) is 6.61 Å². The predicted molar refractivity (Wildman–Crippen MR) is 116 cm³/mol. The molecule has 2 aromatic rings. The number of carbonyl (C=O) groups is 2. The fourth-order valence-corrected chi connectivity index (χ4v) is 4.48. The van der Waals surface area contributed by atoms with E-state index < -0.39 is 59.1 Å². The lowest BCUT2D eigenvalue weighted by molar-refractivity contribution is -0.385. The molecule has 1 aromatic heterocycles. The molecular formula is C23H26N2O9. The molecule has 5 atom stereocenters. The number of carbonyl (C=O) groups excluding carboxylic acids is 2. The zero-order valence-corrected chi connectivity index (χ0v) is 19.2. The van der Waals surface area contributed by atoms with Crippen LogP contribution >= 0.6 is 0 Å². The molecule has 11 nitrogen and oxygen atoms in total. The fraction of sp³-hybridized carbons (Fsp3) is 0.478. The summed E-state index contributed by atoms with van der Waals surface area (Å²) in [5, 5.41) is 0. The number of rotatable bonds is 5. The van der Waals surface area contributed by atoms with Crippen LogP contribution in [0.2, 0.25) is 0 Å². The molecular weight excluding hydrogens is 448 g/mol. The number of aromatic amines is 1. The van der Waals surface area contributed by atoms with Crippen LogP contribution in [0.4, 0.5) is 0 Å². The highest BCUT2D eigenvalue weighted by molar-refractivity contribution is 5.66. The van der Waals surface area contributed by atoms with E-state index >= 15 is 0 Å². The van der Waals surface area contributed by atoms with Crippen LogP contribution in [0, 0.1) is 0 Å². The van der Waals surface area contributed by atoms with Gasteiger partial charge in [-0.05, 0) is 19.4 Å². The maximum atomic E-state index is 13.0. The average Bonchev–Trinajstić information content (AvgIpc) is 3.05. The Morgan fingerprint density at radius 1 is 1.03 bits per heavy atom. The van der Waals surface area contributed by atoms with Gasteiger partial charge in [0.05, 0.1) is 0 Å². The summed E-state index contributed by atoms with van der Waals surface area (Å²) in [7, 11) is 0. The lowest BCUT2D eigenvalue weighted by Gasteiger charge is -2.50. The van der Waals surface area contributed by atoms with Gasteiger partial charge in [-0.2, -0.15) is 0 Å². The number of benzene rings is 1. The summed E-state index contributed by atoms with van der Waals surface area (Å²) >= 11 is 0. The van der Waals surface area contributed by atoms with Gasteiger partial charge in [-0.1, -0.05) is 30.3 Å². The van der Waals surface area contributed by atoms with E-state index in [0.29, 0.717) is 5.56 Å². The molecule has 4 rings (SSSR count). The zero-order valence-electron chi connectivity index (χ0n) is 19.2. The van der Waals surface area contributed by atoms with Crippen molar-refractivity contribution in [2.24, 2.45) is 0 Å². The largest absolute Gasteiger partial charge is 0.463 e. The van der Waals surface area contributed by atoms with Gasteiger partial charge in [-0.3, -0.25) is 23.9 Å². The number of nitrogens with one attached hydrogen (secondary N) is 1. The first-order valence-corrected chi connectivity index (χ1v) is 10.7. The van der Waals surface area contributed by atoms with Crippen molar-refractivity contribution in [3.8, 4) is 0 Å². The van der Waals surface area contributed by atoms with Gasteiger partial charge in [0, 0.05) is 26.1 Å². The Labute approximate surface area is 194 Å². The zero-order chi connectivity index (χ0) is 24.7. The molecule has 34 heavy (non-hydrogen) atoms. The minimum Gasteiger partial charge on any atom is -0.463 e. The van der Waals surface area contributed by atoms with Crippen molar-refractivity contribution in [1.82, 2.24) is 9.55 Å². The van der Waals surface area contributed by atoms with Crippen LogP contribution < -0.4 is 11.2 Å². The molecule has 2 aliphatic heterocycles. The highest BCUT2D eigenvalue weighted by Crippen LogP contribution is 2.54. The second kappa shape index (κ2) is 8.82. The Morgan fingerprint density at radius 3 is 2.35 bits per heavy atom. The molecule has 3 heterocycles. The number of hydrogen-bond acceptors (Lipinski definition) is 9. The smallest absolute Gasteiger partial charge is 0.330 e. The van der Waals surface area contributed by atoms with Crippen LogP contribution in [0.3, 0.4) is 0 Å². The van der Waals surface area contributed by atoms with E-state index in [2.05, 4.69) is 4.98 Å². The number of nitrogens with zero attached hydrogens (tertiary/aromatic N) is 1. The Bertz CT molecular complexity index is 1190. The summed E-state index contributed by atoms with van der Waals surface area (Å²) in [6.45, 7) is 5.57. The fourth-order valence-electron chi connectivity index (χ4n) is 4.48. The highest BCUT2D eigenvalue weighted by Gasteiger charge is 2.68. The monoisotopic (exact) mass is 474 g/mol. The molecule has 1 aromatic carbocycles. The first kappa shape index (κ1) is 23.9. The lowest BCUT2D eigenvalue weighted by Crippen LogP contribution is -2.63. The van der Waals surface area contributed by atoms with Gasteiger partial charge in [-0.25, -0.2) is 4.79 Å². The number of ether oxygens (including phenoxy) is 5. The van der Waals surface area contributed by atoms with E-state index in [-0.39, 0.29) is 6.61 Å². The van der Waals surface area contributed by atoms with E-state index in [1.807, 2.05) is 6.07 Å². The van der Waals surface area contributed by atoms with Crippen molar-refractivity contribution in [3.05, 3.63) is 69.0 Å². The second-order valence-corrected chi connectivity index (χ2v) is 8.61. The van der Waals surface area contributed by atoms with E-state index in [0.717, 1.165) is 4.57 Å². The van der Waals surface area contributed by atoms with Crippen LogP contribution in [0.5, 0.6) is 0 Å². The van der Waals surface area contributed by atoms with Gasteiger partial charge in [0.1, 0.15) is 18.8 Å². The quantitative estimate of drug-likeness (QED) is 0.629. The van der Waals surface area contributed by atoms with E-state index in [1.54, 1.807) is 38.1 Å². The van der Waals surface area contributed by atoms with Crippen molar-refractivity contribution in [2.45, 2.75) is 63.6 Å². The van der Waals surface area contributed by atoms with Crippen LogP contribution in [-0.2, 0) is 39.0 Å². The summed E-state index contributed by atoms with van der Waals surface area (Å²) in [6.07, 6.45) is -2.81. The Kier molecular flexibility index (Phi) is 6.19. The maximum absolute atomic E-state index is 13.0. The van der Waals surface area contributed by atoms with Gasteiger partial charge in [0.25, 0.3) is 5.56 Å². The summed E-state index contributed by atoms with van der Waals surface area (Å²) in [5.74, 6) is -2.36. The highest BCUT2D eigenvalue weighted by atomic mass is 16.8. The third kappa shape index (κ3) is 4.29. The number of H-pyrrole nitrogens is 1. The van der Waals surface area contributed by atoms with Crippen LogP contribution in [-0.4, -0.2) is 52.2 Å². The third-order valence-corrected chi connectivity index (χ3v) is 5.66. The van der Waals surface area contributed by atoms with Gasteiger partial charge < -0.3 is 23.7 Å². The van der Waals surface area contributed by atoms with E-state index in [4.69, 9.17) is 23.7 Å². The van der Waals surface area contributed by atoms with Gasteiger partial charge in [-0.15, -0.1) is 0 Å². The topological polar surface area (TPSA) is 135 Å². The van der Waals surface area contributed by atoms with Crippen molar-refractivity contribution in [3.63, 3.8) is 0 Å². The van der Waals surface area contributed by atoms with Crippen molar-refractivity contribution >= 4 is 11.9 Å². The standard InChI is InChI=1S/C23H26N2O9/c1-13(26)30-12-16-18(31-14(2)27)20-23(32-16,25-11-10-17(28)24-21(25)29)19(33-22(3,4)34-20)15-8-6-5-7-9-15/h5-11,16,18-20H,12H2,1-4H3,(H,24,28,29)/t16-,18-,19+,20-,23-/m1/s1. The van der Waals surface area contributed by atoms with Crippen molar-refractivity contribution in [1.29, 1.82) is 0 Å². The molecule has 0 unspecified atom stereocenters. The number of fused-ring (bicyclic) bond motifs is 1. The first-order chi connectivity index (χ1) is 16.0. The van der Waals surface area contributed by atoms with Gasteiger partial charge >= 0.3 is 17.6 Å². The molecule has 182 valence electrons. The van der Waals surface area contributed by atoms with Crippen LogP contribution in [0.1, 0.15) is 39.4 Å². The molecule has 0 radical (unpaired) electrons. The van der Waals surface area contributed by atoms with Gasteiger partial charge in [0.15, 0.2) is 18.0 Å². The number of esters is 2. The predicted octanol–water partition coefficient (Wildman–Crippen LogP) is 0.976. The van der Waals surface area contributed by atoms with Gasteiger partial charge in [0.2, 0.25) is 5.72 Å². The lowest BCUT2D eigenvalue weighted by atomic mass is 9.89. The SMILES string of the molecule is CC(=O)OC[C@H]1O[C@@]2(n3ccc(=O)[nH]c3=O)[C@H](OC(C)(C)O[C@H]2c2ccccc2)[C@@H]1OC(C)=O. The Balaban J connectivity index is 1.96. The molecule has 0 saturated carbocycles. The molecule has 0 spiro atoms. The van der Waals surface area contributed by atoms with E-state index in [9.17, 15) is 19.2 Å². The molecule has 0 bridgehead atoms. The molecule has 11 heteroatoms. The number of aromatic nitrogens is 2. The summed E-state index contributed by atoms with van der Waals surface area (Å²) in [6, 6.07) is 10.2. The minimum atomic E-state index is -1.72.